The number of nitrogens with one attached hydrogen (secondary N) is 1. The number of sulfonamides is 1. The molecule has 0 radical (unpaired) electrons. The highest BCUT2D eigenvalue weighted by Gasteiger charge is 2.31. The van der Waals surface area contributed by atoms with Gasteiger partial charge in [-0.3, -0.25) is 10.1 Å². The lowest BCUT2D eigenvalue weighted by molar-refractivity contribution is -0.388. The Balaban J connectivity index is 2.27. The molecule has 0 aliphatic rings. The average Bonchev–Trinajstić information content (AvgIpc) is 2.65. The van der Waals surface area contributed by atoms with Crippen LogP contribution in [0.15, 0.2) is 53.4 Å². The molecule has 27 heavy (non-hydrogen) atoms. The van der Waals surface area contributed by atoms with Gasteiger partial charge in [0, 0.05) is 11.5 Å². The minimum Gasteiger partial charge on any atom is -0.444 e. The lowest BCUT2D eigenvalue weighted by Gasteiger charge is -2.11. The highest BCUT2D eigenvalue weighted by atomic mass is 32.2. The quantitative estimate of drug-likeness (QED) is 0.462. The number of nitrogens with zero attached hydrogens (tertiary/aromatic N) is 1. The van der Waals surface area contributed by atoms with Crippen LogP contribution in [0, 0.1) is 22.5 Å². The third kappa shape index (κ3) is 4.83. The molecule has 1 atom stereocenters. The van der Waals surface area contributed by atoms with Gasteiger partial charge in [-0.15, -0.1) is 6.42 Å². The number of benzene rings is 2. The van der Waals surface area contributed by atoms with Crippen LogP contribution in [0.1, 0.15) is 24.0 Å². The predicted octanol–water partition coefficient (Wildman–Crippen LogP) is 2.95. The van der Waals surface area contributed by atoms with Gasteiger partial charge in [0.1, 0.15) is 6.61 Å². The van der Waals surface area contributed by atoms with Crippen molar-refractivity contribution >= 4 is 21.8 Å². The zero-order valence-corrected chi connectivity index (χ0v) is 15.1. The van der Waals surface area contributed by atoms with Crippen molar-refractivity contribution < 1.29 is 22.9 Å². The first kappa shape index (κ1) is 19.9. The van der Waals surface area contributed by atoms with Gasteiger partial charge in [0.2, 0.25) is 0 Å². The number of nitro benzene ring substituents is 1. The van der Waals surface area contributed by atoms with Gasteiger partial charge in [0.15, 0.2) is 4.90 Å². The second-order valence-corrected chi connectivity index (χ2v) is 7.16. The molecular formula is C18H16N2O6S. The maximum absolute atomic E-state index is 12.5. The van der Waals surface area contributed by atoms with Crippen LogP contribution in [0.4, 0.5) is 10.5 Å². The number of para-hydroxylation sites is 1. The maximum atomic E-state index is 12.5. The third-order valence-corrected chi connectivity index (χ3v) is 4.99. The van der Waals surface area contributed by atoms with Crippen molar-refractivity contribution in [2.24, 2.45) is 0 Å². The highest BCUT2D eigenvalue weighted by Crippen LogP contribution is 2.32. The summed E-state index contributed by atoms with van der Waals surface area (Å²) in [4.78, 5) is 21.8. The number of carbonyl (C=O) groups excluding carboxylic acids is 1. The zero-order valence-electron chi connectivity index (χ0n) is 14.3. The maximum Gasteiger partial charge on any atom is 0.421 e. The molecule has 2 rings (SSSR count). The number of hydrogen-bond donors (Lipinski definition) is 1. The number of hydrogen-bond acceptors (Lipinski definition) is 6. The fourth-order valence-corrected chi connectivity index (χ4v) is 3.40. The molecule has 0 heterocycles. The monoisotopic (exact) mass is 388 g/mol. The molecule has 0 saturated carbocycles. The molecule has 9 heteroatoms. The van der Waals surface area contributed by atoms with Crippen molar-refractivity contribution in [1.82, 2.24) is 4.72 Å². The lowest BCUT2D eigenvalue weighted by atomic mass is 10.0. The number of amides is 1. The van der Waals surface area contributed by atoms with E-state index in [1.165, 1.54) is 19.1 Å². The fraction of sp³-hybridized carbons (Fsp3) is 0.167. The molecule has 0 bridgehead atoms. The van der Waals surface area contributed by atoms with Gasteiger partial charge in [-0.05, 0) is 18.6 Å². The molecule has 1 N–H and O–H groups in total. The molecule has 140 valence electrons. The van der Waals surface area contributed by atoms with Crippen molar-refractivity contribution in [2.45, 2.75) is 24.3 Å². The largest absolute Gasteiger partial charge is 0.444 e. The normalized spacial score (nSPS) is 11.9. The standard InChI is InChI=1S/C18H16N2O6S/c1-3-13(2)15-10-7-11-16(17(15)20(22)23)27(24,25)19-18(21)26-12-14-8-5-4-6-9-14/h1,4-11,13H,12H2,2H3,(H,19,21)/t13-/m1/s1. The Morgan fingerprint density at radius 2 is 1.93 bits per heavy atom. The molecule has 0 unspecified atom stereocenters. The minimum atomic E-state index is -4.54. The Morgan fingerprint density at radius 3 is 2.52 bits per heavy atom. The predicted molar refractivity (Wildman–Crippen MR) is 97.3 cm³/mol. The van der Waals surface area contributed by atoms with Crippen molar-refractivity contribution in [3.05, 3.63) is 69.8 Å². The molecule has 0 spiro atoms. The van der Waals surface area contributed by atoms with Crippen LogP contribution < -0.4 is 4.72 Å². The van der Waals surface area contributed by atoms with E-state index >= 15 is 0 Å². The number of terminal acetylenes is 1. The molecule has 0 aliphatic carbocycles. The summed E-state index contributed by atoms with van der Waals surface area (Å²) >= 11 is 0. The fourth-order valence-electron chi connectivity index (χ4n) is 2.31. The Labute approximate surface area is 156 Å². The first-order chi connectivity index (χ1) is 12.8. The van der Waals surface area contributed by atoms with E-state index < -0.39 is 37.5 Å². The van der Waals surface area contributed by atoms with Gasteiger partial charge in [-0.1, -0.05) is 48.4 Å². The van der Waals surface area contributed by atoms with Gasteiger partial charge < -0.3 is 4.74 Å². The molecular weight excluding hydrogens is 372 g/mol. The van der Waals surface area contributed by atoms with Gasteiger partial charge in [0.05, 0.1) is 4.92 Å². The van der Waals surface area contributed by atoms with Crippen molar-refractivity contribution in [3.63, 3.8) is 0 Å². The summed E-state index contributed by atoms with van der Waals surface area (Å²) in [6, 6.07) is 12.3. The Hall–Kier alpha value is -3.38. The number of carbonyl (C=O) groups is 1. The second-order valence-electron chi connectivity index (χ2n) is 5.51. The minimum absolute atomic E-state index is 0.0584. The lowest BCUT2D eigenvalue weighted by Crippen LogP contribution is -2.31. The molecule has 0 aliphatic heterocycles. The van der Waals surface area contributed by atoms with Crippen molar-refractivity contribution in [1.29, 1.82) is 0 Å². The first-order valence-corrected chi connectivity index (χ1v) is 9.21. The average molecular weight is 388 g/mol. The SMILES string of the molecule is C#C[C@@H](C)c1cccc(S(=O)(=O)NC(=O)OCc2ccccc2)c1[N+](=O)[O-]. The Kier molecular flexibility index (Phi) is 6.15. The van der Waals surface area contributed by atoms with E-state index in [0.717, 1.165) is 6.07 Å². The summed E-state index contributed by atoms with van der Waals surface area (Å²) in [5, 5.41) is 11.4. The van der Waals surface area contributed by atoms with Gasteiger partial charge in [0.25, 0.3) is 15.7 Å². The van der Waals surface area contributed by atoms with E-state index in [4.69, 9.17) is 11.2 Å². The van der Waals surface area contributed by atoms with Crippen LogP contribution in [0.2, 0.25) is 0 Å². The summed E-state index contributed by atoms with van der Waals surface area (Å²) in [5.41, 5.74) is 0.0372. The topological polar surface area (TPSA) is 116 Å². The first-order valence-electron chi connectivity index (χ1n) is 7.73. The van der Waals surface area contributed by atoms with Crippen molar-refractivity contribution in [2.75, 3.05) is 0 Å². The molecule has 0 aromatic heterocycles. The Morgan fingerprint density at radius 1 is 1.26 bits per heavy atom. The van der Waals surface area contributed by atoms with Gasteiger partial charge in [-0.25, -0.2) is 17.9 Å². The highest BCUT2D eigenvalue weighted by molar-refractivity contribution is 7.90. The molecule has 1 amide bonds. The third-order valence-electron chi connectivity index (χ3n) is 3.65. The molecule has 0 fully saturated rings. The van der Waals surface area contributed by atoms with E-state index in [1.54, 1.807) is 35.1 Å². The van der Waals surface area contributed by atoms with Crippen LogP contribution >= 0.6 is 0 Å². The van der Waals surface area contributed by atoms with E-state index in [-0.39, 0.29) is 12.2 Å². The molecule has 2 aromatic carbocycles. The van der Waals surface area contributed by atoms with Crippen LogP contribution in [-0.2, 0) is 21.4 Å². The smallest absolute Gasteiger partial charge is 0.421 e. The number of ether oxygens (including phenoxy) is 1. The molecule has 8 nitrogen and oxygen atoms in total. The second kappa shape index (κ2) is 8.33. The van der Waals surface area contributed by atoms with E-state index in [9.17, 15) is 23.3 Å². The number of nitro groups is 1. The summed E-state index contributed by atoms with van der Waals surface area (Å²) in [5.74, 6) is 1.63. The zero-order chi connectivity index (χ0) is 20.0. The van der Waals surface area contributed by atoms with Crippen molar-refractivity contribution in [3.8, 4) is 12.3 Å². The van der Waals surface area contributed by atoms with Gasteiger partial charge in [-0.2, -0.15) is 0 Å². The summed E-state index contributed by atoms with van der Waals surface area (Å²) < 4.78 is 31.5. The van der Waals surface area contributed by atoms with Crippen LogP contribution in [0.25, 0.3) is 0 Å². The summed E-state index contributed by atoms with van der Waals surface area (Å²) in [6.45, 7) is 1.37. The van der Waals surface area contributed by atoms with E-state index in [1.807, 2.05) is 0 Å². The van der Waals surface area contributed by atoms with E-state index in [2.05, 4.69) is 5.92 Å². The van der Waals surface area contributed by atoms with Crippen LogP contribution in [-0.4, -0.2) is 19.4 Å². The molecule has 2 aromatic rings. The molecule has 0 saturated heterocycles. The van der Waals surface area contributed by atoms with Crippen LogP contribution in [0.3, 0.4) is 0 Å². The summed E-state index contributed by atoms with van der Waals surface area (Å²) in [7, 11) is -4.54. The van der Waals surface area contributed by atoms with Crippen LogP contribution in [0.5, 0.6) is 0 Å². The Bertz CT molecular complexity index is 996. The van der Waals surface area contributed by atoms with Gasteiger partial charge >= 0.3 is 6.09 Å². The number of rotatable bonds is 6. The summed E-state index contributed by atoms with van der Waals surface area (Å²) in [6.07, 6.45) is 4.05. The van der Waals surface area contributed by atoms with E-state index in [0.29, 0.717) is 5.56 Å².